The minimum atomic E-state index is -5.45. The topological polar surface area (TPSA) is 30.7 Å². The molecule has 0 unspecified atom stereocenters. The second-order valence-electron chi connectivity index (χ2n) is 19.6. The highest BCUT2D eigenvalue weighted by molar-refractivity contribution is 6.13. The zero-order chi connectivity index (χ0) is 60.8. The summed E-state index contributed by atoms with van der Waals surface area (Å²) < 4.78 is 263. The molecule has 0 fully saturated rings. The van der Waals surface area contributed by atoms with E-state index in [1.165, 1.54) is 28.8 Å². The molecule has 2 aromatic heterocycles. The summed E-state index contributed by atoms with van der Waals surface area (Å²) in [6.45, 7) is 0. The van der Waals surface area contributed by atoms with Crippen molar-refractivity contribution < 1.29 is 79.0 Å². The van der Waals surface area contributed by atoms with Gasteiger partial charge in [-0.25, -0.2) is 9.97 Å². The molecule has 0 amide bonds. The first-order chi connectivity index (χ1) is 39.9. The molecule has 0 aliphatic rings. The third-order valence-corrected chi connectivity index (χ3v) is 14.2. The van der Waals surface area contributed by atoms with Crippen LogP contribution in [0, 0.1) is 0 Å². The molecule has 0 bridgehead atoms. The van der Waals surface area contributed by atoms with Gasteiger partial charge in [-0.2, -0.15) is 79.0 Å². The van der Waals surface area contributed by atoms with Gasteiger partial charge in [0, 0.05) is 38.6 Å². The Morgan fingerprint density at radius 1 is 0.259 bits per heavy atom. The molecule has 430 valence electrons. The second-order valence-corrected chi connectivity index (χ2v) is 19.6. The first-order valence-corrected chi connectivity index (χ1v) is 25.1. The average molecular weight is 1190 g/mol. The van der Waals surface area contributed by atoms with E-state index in [1.807, 2.05) is 0 Å². The van der Waals surface area contributed by atoms with Crippen LogP contribution in [0.25, 0.3) is 106 Å². The molecule has 0 N–H and O–H groups in total. The van der Waals surface area contributed by atoms with Crippen molar-refractivity contribution in [3.63, 3.8) is 0 Å². The summed E-state index contributed by atoms with van der Waals surface area (Å²) in [4.78, 5) is 9.75. The molecule has 0 aliphatic heterocycles. The van der Waals surface area contributed by atoms with Crippen LogP contribution in [0.2, 0.25) is 0 Å². The predicted octanol–water partition coefficient (Wildman–Crippen LogP) is 21.4. The monoisotopic (exact) mass is 1190 g/mol. The van der Waals surface area contributed by atoms with Crippen LogP contribution in [-0.2, 0) is 37.1 Å². The van der Waals surface area contributed by atoms with Crippen LogP contribution in [0.15, 0.2) is 200 Å². The fraction of sp³-hybridized carbons (Fsp3) is 0.0938. The lowest BCUT2D eigenvalue weighted by atomic mass is 9.91. The molecule has 0 saturated heterocycles. The van der Waals surface area contributed by atoms with Crippen LogP contribution in [0.3, 0.4) is 0 Å². The van der Waals surface area contributed by atoms with E-state index in [1.54, 1.807) is 66.7 Å². The summed E-state index contributed by atoms with van der Waals surface area (Å²) in [5, 5.41) is -0.411. The summed E-state index contributed by atoms with van der Waals surface area (Å²) in [6.07, 6.45) is -31.4. The van der Waals surface area contributed by atoms with Gasteiger partial charge in [-0.3, -0.25) is 0 Å². The Hall–Kier alpha value is -9.40. The van der Waals surface area contributed by atoms with Gasteiger partial charge in [0.2, 0.25) is 0 Å². The number of benzene rings is 9. The molecular weight excluding hydrogens is 1150 g/mol. The molecule has 0 spiro atoms. The Labute approximate surface area is 468 Å². The van der Waals surface area contributed by atoms with Crippen LogP contribution in [0.4, 0.5) is 79.0 Å². The van der Waals surface area contributed by atoms with Crippen LogP contribution in [0.1, 0.15) is 33.4 Å². The van der Waals surface area contributed by atoms with Gasteiger partial charge >= 0.3 is 37.1 Å². The second kappa shape index (κ2) is 20.7. The fourth-order valence-corrected chi connectivity index (χ4v) is 10.3. The van der Waals surface area contributed by atoms with Crippen molar-refractivity contribution in [1.82, 2.24) is 14.5 Å². The highest BCUT2D eigenvalue weighted by Gasteiger charge is 2.41. The normalized spacial score (nSPS) is 12.8. The van der Waals surface area contributed by atoms with Crippen molar-refractivity contribution in [3.8, 4) is 84.1 Å². The Kier molecular flexibility index (Phi) is 14.0. The number of alkyl halides is 18. The zero-order valence-electron chi connectivity index (χ0n) is 42.7. The van der Waals surface area contributed by atoms with Crippen molar-refractivity contribution in [2.75, 3.05) is 0 Å². The fourth-order valence-electron chi connectivity index (χ4n) is 10.3. The molecule has 3 nitrogen and oxygen atoms in total. The SMILES string of the molecule is FC(F)(F)c1cccc(-c2cc(-c3nc(-c4ccccc4)cc(-c4ccccc4)n3)cc(-c3cccc(C(F)(F)F)c3)c2-n2c3ccc(-c4ccc(C(F)(F)F)cc4C(F)(F)F)cc3c3cc(-c4ccc(C(F)(F)F)cc4C(F)(F)F)ccc32)c1. The largest absolute Gasteiger partial charge is 0.417 e. The van der Waals surface area contributed by atoms with Crippen molar-refractivity contribution in [2.24, 2.45) is 0 Å². The number of rotatable bonds is 8. The Balaban J connectivity index is 1.30. The Morgan fingerprint density at radius 3 is 0.976 bits per heavy atom. The van der Waals surface area contributed by atoms with E-state index < -0.39 is 92.7 Å². The van der Waals surface area contributed by atoms with E-state index in [0.717, 1.165) is 72.8 Å². The Bertz CT molecular complexity index is 4110. The van der Waals surface area contributed by atoms with Gasteiger partial charge in [-0.05, 0) is 124 Å². The van der Waals surface area contributed by atoms with Gasteiger partial charge in [-0.1, -0.05) is 109 Å². The number of hydrogen-bond donors (Lipinski definition) is 0. The van der Waals surface area contributed by atoms with E-state index in [2.05, 4.69) is 0 Å². The maximum absolute atomic E-state index is 14.9. The summed E-state index contributed by atoms with van der Waals surface area (Å²) in [5.74, 6) is -0.0984. The van der Waals surface area contributed by atoms with Gasteiger partial charge in [0.15, 0.2) is 5.82 Å². The predicted molar refractivity (Wildman–Crippen MR) is 284 cm³/mol. The molecule has 11 aromatic rings. The lowest BCUT2D eigenvalue weighted by Crippen LogP contribution is -2.12. The van der Waals surface area contributed by atoms with Gasteiger partial charge in [0.1, 0.15) is 0 Å². The molecule has 21 heteroatoms. The molecule has 11 rings (SSSR count). The Morgan fingerprint density at radius 2 is 0.612 bits per heavy atom. The van der Waals surface area contributed by atoms with Crippen LogP contribution < -0.4 is 0 Å². The lowest BCUT2D eigenvalue weighted by Gasteiger charge is -2.22. The molecule has 0 saturated carbocycles. The number of nitrogens with zero attached hydrogens (tertiary/aromatic N) is 3. The molecule has 85 heavy (non-hydrogen) atoms. The van der Waals surface area contributed by atoms with Crippen LogP contribution in [-0.4, -0.2) is 14.5 Å². The van der Waals surface area contributed by atoms with Gasteiger partial charge in [0.25, 0.3) is 0 Å². The van der Waals surface area contributed by atoms with E-state index in [9.17, 15) is 79.0 Å². The van der Waals surface area contributed by atoms with Crippen molar-refractivity contribution in [1.29, 1.82) is 0 Å². The molecule has 0 radical (unpaired) electrons. The molecule has 9 aromatic carbocycles. The van der Waals surface area contributed by atoms with Crippen molar-refractivity contribution in [2.45, 2.75) is 37.1 Å². The van der Waals surface area contributed by atoms with E-state index >= 15 is 0 Å². The zero-order valence-corrected chi connectivity index (χ0v) is 42.7. The third-order valence-electron chi connectivity index (χ3n) is 14.2. The highest BCUT2D eigenvalue weighted by Crippen LogP contribution is 2.50. The number of hydrogen-bond acceptors (Lipinski definition) is 2. The number of aromatic nitrogens is 3. The smallest absolute Gasteiger partial charge is 0.308 e. The quantitative estimate of drug-likeness (QED) is 0.142. The van der Waals surface area contributed by atoms with E-state index in [4.69, 9.17) is 9.97 Å². The van der Waals surface area contributed by atoms with Gasteiger partial charge in [0.05, 0.1) is 61.5 Å². The maximum atomic E-state index is 14.9. The number of fused-ring (bicyclic) bond motifs is 3. The van der Waals surface area contributed by atoms with Crippen LogP contribution in [0.5, 0.6) is 0 Å². The highest BCUT2D eigenvalue weighted by atomic mass is 19.4. The minimum Gasteiger partial charge on any atom is -0.308 e. The lowest BCUT2D eigenvalue weighted by molar-refractivity contribution is -0.144. The first kappa shape index (κ1) is 57.4. The van der Waals surface area contributed by atoms with Gasteiger partial charge < -0.3 is 4.57 Å². The van der Waals surface area contributed by atoms with Gasteiger partial charge in [-0.15, -0.1) is 0 Å². The molecule has 0 atom stereocenters. The summed E-state index contributed by atoms with van der Waals surface area (Å²) in [5.41, 5.74) is -11.4. The van der Waals surface area contributed by atoms with Crippen molar-refractivity contribution in [3.05, 3.63) is 234 Å². The molecule has 2 heterocycles. The first-order valence-electron chi connectivity index (χ1n) is 25.1. The summed E-state index contributed by atoms with van der Waals surface area (Å²) in [6, 6.07) is 37.3. The summed E-state index contributed by atoms with van der Waals surface area (Å²) >= 11 is 0. The standard InChI is InChI=1S/C64H33F18N3/c65-59(66,67)41-15-7-13-36(25-41)47-29-40(58-83-53(34-9-3-1-4-10-34)33-54(84-58)35-11-5-2-6-12-35)30-48(37-14-8-16-42(26-37)60(68,69)70)57(47)85-55-23-17-38(45-21-19-43(61(71,72)73)31-51(45)63(77,78)79)27-49(55)50-28-39(18-24-56(50)85)46-22-20-44(62(74,75)76)32-52(46)64(80,81)82/h1-33H. The number of halogens is 18. The molecule has 0 aliphatic carbocycles. The maximum Gasteiger partial charge on any atom is 0.417 e. The minimum absolute atomic E-state index is 0.00726. The summed E-state index contributed by atoms with van der Waals surface area (Å²) in [7, 11) is 0. The van der Waals surface area contributed by atoms with Crippen molar-refractivity contribution >= 4 is 21.8 Å². The van der Waals surface area contributed by atoms with E-state index in [-0.39, 0.29) is 73.3 Å². The third kappa shape index (κ3) is 11.3. The molecular formula is C64H33F18N3. The van der Waals surface area contributed by atoms with Crippen LogP contribution >= 0.6 is 0 Å². The average Bonchev–Trinajstić information content (AvgIpc) is 1.67. The van der Waals surface area contributed by atoms with E-state index in [0.29, 0.717) is 46.8 Å².